The van der Waals surface area contributed by atoms with Crippen LogP contribution in [0.3, 0.4) is 0 Å². The molecule has 0 atom stereocenters. The number of hydrogen-bond donors (Lipinski definition) is 0. The molecule has 0 amide bonds. The maximum absolute atomic E-state index is 4.58. The van der Waals surface area contributed by atoms with Crippen LogP contribution in [0.25, 0.3) is 0 Å². The molecule has 1 heterocycles. The number of hydrogen-bond acceptors (Lipinski definition) is 4. The van der Waals surface area contributed by atoms with Crippen molar-refractivity contribution in [2.75, 3.05) is 34.7 Å². The second-order valence-electron chi connectivity index (χ2n) is 4.91. The largest absolute Gasteiger partial charge is 0.349 e. The first-order valence-electron chi connectivity index (χ1n) is 6.13. The van der Waals surface area contributed by atoms with Crippen LogP contribution in [-0.2, 0) is 6.42 Å². The van der Waals surface area contributed by atoms with E-state index in [0.717, 1.165) is 28.9 Å². The van der Waals surface area contributed by atoms with Crippen LogP contribution in [0.2, 0.25) is 0 Å². The summed E-state index contributed by atoms with van der Waals surface area (Å²) < 4.78 is 0. The Bertz CT molecular complexity index is 385. The van der Waals surface area contributed by atoms with Crippen molar-refractivity contribution in [3.05, 3.63) is 10.0 Å². The summed E-state index contributed by atoms with van der Waals surface area (Å²) in [5.41, 5.74) is 0. The second kappa shape index (κ2) is 6.68. The Hall–Kier alpha value is -1.17. The first kappa shape index (κ1) is 14.9. The summed E-state index contributed by atoms with van der Waals surface area (Å²) in [6.07, 6.45) is 0.857. The molecule has 0 saturated carbocycles. The number of rotatable bonds is 4. The lowest BCUT2D eigenvalue weighted by Crippen LogP contribution is -2.35. The zero-order chi connectivity index (χ0) is 13.7. The van der Waals surface area contributed by atoms with E-state index in [0.29, 0.717) is 5.92 Å². The fourth-order valence-corrected chi connectivity index (χ4v) is 2.37. The molecule has 0 spiro atoms. The van der Waals surface area contributed by atoms with Crippen molar-refractivity contribution in [3.8, 4) is 0 Å². The van der Waals surface area contributed by atoms with Gasteiger partial charge in [0, 0.05) is 47.1 Å². The van der Waals surface area contributed by atoms with Crippen LogP contribution in [0.1, 0.15) is 29.8 Å². The highest BCUT2D eigenvalue weighted by Gasteiger charge is 2.08. The van der Waals surface area contributed by atoms with Crippen molar-refractivity contribution in [3.63, 3.8) is 0 Å². The molecule has 0 aromatic carbocycles. The molecule has 0 bridgehead atoms. The Kier molecular flexibility index (Phi) is 5.53. The number of guanidine groups is 1. The highest BCUT2D eigenvalue weighted by molar-refractivity contribution is 7.11. The van der Waals surface area contributed by atoms with Crippen molar-refractivity contribution in [1.82, 2.24) is 20.0 Å². The van der Waals surface area contributed by atoms with Crippen LogP contribution in [0, 0.1) is 0 Å². The Labute approximate surface area is 114 Å². The molecule has 0 fully saturated rings. The highest BCUT2D eigenvalue weighted by atomic mass is 32.1. The zero-order valence-corrected chi connectivity index (χ0v) is 13.0. The van der Waals surface area contributed by atoms with Crippen LogP contribution in [0.4, 0.5) is 0 Å². The normalized spacial score (nSPS) is 10.6. The lowest BCUT2D eigenvalue weighted by molar-refractivity contribution is 0.479. The van der Waals surface area contributed by atoms with Gasteiger partial charge >= 0.3 is 0 Å². The molecule has 18 heavy (non-hydrogen) atoms. The second-order valence-corrected chi connectivity index (χ2v) is 6.00. The van der Waals surface area contributed by atoms with E-state index in [2.05, 4.69) is 29.0 Å². The third-order valence-corrected chi connectivity index (χ3v) is 3.64. The molecule has 102 valence electrons. The van der Waals surface area contributed by atoms with Gasteiger partial charge in [-0.15, -0.1) is 21.5 Å². The summed E-state index contributed by atoms with van der Waals surface area (Å²) >= 11 is 1.69. The lowest BCUT2D eigenvalue weighted by Gasteiger charge is -2.22. The molecule has 0 aliphatic carbocycles. The number of nitrogens with zero attached hydrogens (tertiary/aromatic N) is 5. The van der Waals surface area contributed by atoms with E-state index < -0.39 is 0 Å². The molecule has 0 aliphatic heterocycles. The molecular formula is C12H23N5S. The smallest absolute Gasteiger partial charge is 0.195 e. The van der Waals surface area contributed by atoms with Gasteiger partial charge in [0.25, 0.3) is 0 Å². The van der Waals surface area contributed by atoms with E-state index in [1.165, 1.54) is 0 Å². The summed E-state index contributed by atoms with van der Waals surface area (Å²) in [5.74, 6) is 1.43. The molecule has 0 aliphatic rings. The van der Waals surface area contributed by atoms with Crippen LogP contribution in [0.15, 0.2) is 4.99 Å². The third-order valence-electron chi connectivity index (χ3n) is 2.36. The topological polar surface area (TPSA) is 44.6 Å². The fraction of sp³-hybridized carbons (Fsp3) is 0.750. The van der Waals surface area contributed by atoms with Crippen LogP contribution in [-0.4, -0.2) is 60.7 Å². The van der Waals surface area contributed by atoms with Crippen molar-refractivity contribution in [1.29, 1.82) is 0 Å². The number of aromatic nitrogens is 2. The van der Waals surface area contributed by atoms with E-state index in [1.807, 2.05) is 38.0 Å². The summed E-state index contributed by atoms with van der Waals surface area (Å²) in [5, 5.41) is 10.6. The molecule has 0 N–H and O–H groups in total. The zero-order valence-electron chi connectivity index (χ0n) is 12.1. The van der Waals surface area contributed by atoms with Gasteiger partial charge in [-0.05, 0) is 0 Å². The van der Waals surface area contributed by atoms with E-state index in [-0.39, 0.29) is 0 Å². The molecule has 1 aromatic rings. The fourth-order valence-electron chi connectivity index (χ4n) is 1.54. The van der Waals surface area contributed by atoms with E-state index in [1.54, 1.807) is 11.3 Å². The minimum absolute atomic E-state index is 0.457. The summed E-state index contributed by atoms with van der Waals surface area (Å²) in [6.45, 7) is 5.02. The third kappa shape index (κ3) is 4.25. The maximum atomic E-state index is 4.58. The van der Waals surface area contributed by atoms with Crippen molar-refractivity contribution >= 4 is 17.3 Å². The summed E-state index contributed by atoms with van der Waals surface area (Å²) in [7, 11) is 8.00. The van der Waals surface area contributed by atoms with Gasteiger partial charge in [0.15, 0.2) is 5.96 Å². The quantitative estimate of drug-likeness (QED) is 0.616. The molecule has 1 aromatic heterocycles. The van der Waals surface area contributed by atoms with Crippen LogP contribution < -0.4 is 0 Å². The standard InChI is InChI=1S/C12H23N5S/c1-9(2)11-15-14-10(18-11)7-8-13-12(16(3)4)17(5)6/h9H,7-8H2,1-6H3. The van der Waals surface area contributed by atoms with Crippen molar-refractivity contribution in [2.24, 2.45) is 4.99 Å². The minimum Gasteiger partial charge on any atom is -0.349 e. The van der Waals surface area contributed by atoms with E-state index in [9.17, 15) is 0 Å². The van der Waals surface area contributed by atoms with Crippen LogP contribution >= 0.6 is 11.3 Å². The molecule has 0 saturated heterocycles. The van der Waals surface area contributed by atoms with Gasteiger partial charge in [0.1, 0.15) is 10.0 Å². The predicted octanol–water partition coefficient (Wildman–Crippen LogP) is 1.68. The van der Waals surface area contributed by atoms with Gasteiger partial charge in [-0.3, -0.25) is 4.99 Å². The molecule has 1 rings (SSSR count). The minimum atomic E-state index is 0.457. The van der Waals surface area contributed by atoms with Gasteiger partial charge in [-0.2, -0.15) is 0 Å². The number of aliphatic imine (C=N–C) groups is 1. The van der Waals surface area contributed by atoms with Gasteiger partial charge < -0.3 is 9.80 Å². The molecular weight excluding hydrogens is 246 g/mol. The molecule has 0 radical (unpaired) electrons. The van der Waals surface area contributed by atoms with Gasteiger partial charge in [-0.25, -0.2) is 0 Å². The van der Waals surface area contributed by atoms with Gasteiger partial charge in [0.05, 0.1) is 0 Å². The van der Waals surface area contributed by atoms with Crippen molar-refractivity contribution in [2.45, 2.75) is 26.2 Å². The Balaban J connectivity index is 2.56. The predicted molar refractivity (Wildman–Crippen MR) is 77.4 cm³/mol. The molecule has 5 nitrogen and oxygen atoms in total. The lowest BCUT2D eigenvalue weighted by atomic mass is 10.2. The summed E-state index contributed by atoms with van der Waals surface area (Å²) in [6, 6.07) is 0. The average molecular weight is 269 g/mol. The average Bonchev–Trinajstić information content (AvgIpc) is 2.71. The summed E-state index contributed by atoms with van der Waals surface area (Å²) in [4.78, 5) is 8.61. The van der Waals surface area contributed by atoms with Gasteiger partial charge in [-0.1, -0.05) is 13.8 Å². The highest BCUT2D eigenvalue weighted by Crippen LogP contribution is 2.19. The van der Waals surface area contributed by atoms with Crippen LogP contribution in [0.5, 0.6) is 0 Å². The first-order chi connectivity index (χ1) is 8.41. The SMILES string of the molecule is CC(C)c1nnc(CCN=C(N(C)C)N(C)C)s1. The van der Waals surface area contributed by atoms with Gasteiger partial charge in [0.2, 0.25) is 0 Å². The van der Waals surface area contributed by atoms with E-state index in [4.69, 9.17) is 0 Å². The molecule has 0 unspecified atom stereocenters. The Morgan fingerprint density at radius 3 is 2.22 bits per heavy atom. The Morgan fingerprint density at radius 2 is 1.78 bits per heavy atom. The molecule has 6 heteroatoms. The van der Waals surface area contributed by atoms with Crippen molar-refractivity contribution < 1.29 is 0 Å². The first-order valence-corrected chi connectivity index (χ1v) is 6.94. The Morgan fingerprint density at radius 1 is 1.17 bits per heavy atom. The van der Waals surface area contributed by atoms with E-state index >= 15 is 0 Å². The monoisotopic (exact) mass is 269 g/mol. The maximum Gasteiger partial charge on any atom is 0.195 e.